The molecule has 0 atom stereocenters. The summed E-state index contributed by atoms with van der Waals surface area (Å²) in [6, 6.07) is 23.4. The Labute approximate surface area is 173 Å². The quantitative estimate of drug-likeness (QED) is 0.367. The molecule has 3 aromatic carbocycles. The summed E-state index contributed by atoms with van der Waals surface area (Å²) < 4.78 is 5.29. The number of hydrazone groups is 1. The second-order valence-electron chi connectivity index (χ2n) is 6.51. The molecule has 0 aliphatic heterocycles. The van der Waals surface area contributed by atoms with Gasteiger partial charge in [-0.05, 0) is 35.1 Å². The Morgan fingerprint density at radius 1 is 1.07 bits per heavy atom. The number of aromatic nitrogens is 2. The lowest BCUT2D eigenvalue weighted by Gasteiger charge is -2.02. The molecule has 30 heavy (non-hydrogen) atoms. The van der Waals surface area contributed by atoms with Crippen LogP contribution in [0.5, 0.6) is 5.75 Å². The van der Waals surface area contributed by atoms with Crippen LogP contribution in [0.25, 0.3) is 28.1 Å². The van der Waals surface area contributed by atoms with E-state index in [1.807, 2.05) is 72.8 Å². The van der Waals surface area contributed by atoms with Crippen LogP contribution in [0.1, 0.15) is 16.1 Å². The SMILES string of the molecule is COc1ccccc1/C=C/C=N\NC(=O)c1cc(-c2cccc3ccccc23)n[nH]1. The zero-order valence-electron chi connectivity index (χ0n) is 16.4. The summed E-state index contributed by atoms with van der Waals surface area (Å²) in [5.41, 5.74) is 5.42. The molecule has 0 aliphatic rings. The van der Waals surface area contributed by atoms with Gasteiger partial charge >= 0.3 is 0 Å². The highest BCUT2D eigenvalue weighted by atomic mass is 16.5. The zero-order valence-corrected chi connectivity index (χ0v) is 16.4. The van der Waals surface area contributed by atoms with E-state index < -0.39 is 0 Å². The van der Waals surface area contributed by atoms with Crippen molar-refractivity contribution < 1.29 is 9.53 Å². The second-order valence-corrected chi connectivity index (χ2v) is 6.51. The first kappa shape index (κ1) is 19.1. The molecule has 0 saturated carbocycles. The number of aromatic amines is 1. The van der Waals surface area contributed by atoms with E-state index in [2.05, 4.69) is 20.7 Å². The smallest absolute Gasteiger partial charge is 0.289 e. The van der Waals surface area contributed by atoms with Gasteiger partial charge in [-0.2, -0.15) is 10.2 Å². The maximum atomic E-state index is 12.3. The van der Waals surface area contributed by atoms with Crippen LogP contribution in [0, 0.1) is 0 Å². The molecular weight excluding hydrogens is 376 g/mol. The van der Waals surface area contributed by atoms with E-state index in [0.717, 1.165) is 27.6 Å². The van der Waals surface area contributed by atoms with Crippen molar-refractivity contribution in [1.29, 1.82) is 0 Å². The van der Waals surface area contributed by atoms with Crippen molar-refractivity contribution in [3.05, 3.63) is 90.1 Å². The molecule has 0 radical (unpaired) electrons. The van der Waals surface area contributed by atoms with Crippen molar-refractivity contribution >= 4 is 29.0 Å². The van der Waals surface area contributed by atoms with Crippen LogP contribution in [0.4, 0.5) is 0 Å². The van der Waals surface area contributed by atoms with Crippen LogP contribution in [0.15, 0.2) is 84.0 Å². The highest BCUT2D eigenvalue weighted by Gasteiger charge is 2.12. The van der Waals surface area contributed by atoms with E-state index in [4.69, 9.17) is 4.74 Å². The predicted octanol–water partition coefficient (Wildman–Crippen LogP) is 4.67. The molecule has 6 nitrogen and oxygen atoms in total. The fraction of sp³-hybridized carbons (Fsp3) is 0.0417. The highest BCUT2D eigenvalue weighted by Crippen LogP contribution is 2.27. The average Bonchev–Trinajstić information content (AvgIpc) is 3.29. The number of amides is 1. The van der Waals surface area contributed by atoms with Crippen LogP contribution < -0.4 is 10.2 Å². The Hall–Kier alpha value is -4.19. The molecule has 0 saturated heterocycles. The number of nitrogens with zero attached hydrogens (tertiary/aromatic N) is 2. The Morgan fingerprint density at radius 3 is 2.77 bits per heavy atom. The minimum absolute atomic E-state index is 0.337. The molecule has 1 amide bonds. The number of allylic oxidation sites excluding steroid dienone is 1. The maximum Gasteiger partial charge on any atom is 0.289 e. The molecule has 0 unspecified atom stereocenters. The molecule has 0 bridgehead atoms. The predicted molar refractivity (Wildman–Crippen MR) is 120 cm³/mol. The number of ether oxygens (including phenoxy) is 1. The van der Waals surface area contributed by atoms with E-state index >= 15 is 0 Å². The number of para-hydroxylation sites is 1. The summed E-state index contributed by atoms with van der Waals surface area (Å²) in [4.78, 5) is 12.3. The summed E-state index contributed by atoms with van der Waals surface area (Å²) >= 11 is 0. The number of carbonyl (C=O) groups is 1. The van der Waals surface area contributed by atoms with Gasteiger partial charge < -0.3 is 4.74 Å². The average molecular weight is 396 g/mol. The van der Waals surface area contributed by atoms with Gasteiger partial charge in [0.05, 0.1) is 12.8 Å². The zero-order chi connectivity index (χ0) is 20.8. The third-order valence-electron chi connectivity index (χ3n) is 4.63. The Balaban J connectivity index is 1.43. The third-order valence-corrected chi connectivity index (χ3v) is 4.63. The van der Waals surface area contributed by atoms with Crippen molar-refractivity contribution in [3.63, 3.8) is 0 Å². The topological polar surface area (TPSA) is 79.4 Å². The number of nitrogens with one attached hydrogen (secondary N) is 2. The first-order chi connectivity index (χ1) is 14.8. The number of fused-ring (bicyclic) bond motifs is 1. The lowest BCUT2D eigenvalue weighted by atomic mass is 10.0. The number of methoxy groups -OCH3 is 1. The van der Waals surface area contributed by atoms with E-state index in [0.29, 0.717) is 11.4 Å². The molecule has 0 spiro atoms. The standard InChI is InChI=1S/C24H20N4O2/c1-30-23-14-5-3-9-18(23)11-7-15-25-28-24(29)22-16-21(26-27-22)20-13-6-10-17-8-2-4-12-19(17)20/h2-16H,1H3,(H,26,27)(H,28,29)/b11-7+,25-15-. The van der Waals surface area contributed by atoms with Gasteiger partial charge in [0.1, 0.15) is 11.4 Å². The molecule has 1 aromatic heterocycles. The largest absolute Gasteiger partial charge is 0.496 e. The van der Waals surface area contributed by atoms with Gasteiger partial charge in [0.2, 0.25) is 0 Å². The van der Waals surface area contributed by atoms with E-state index in [1.54, 1.807) is 19.3 Å². The lowest BCUT2D eigenvalue weighted by molar-refractivity contribution is 0.0950. The lowest BCUT2D eigenvalue weighted by Crippen LogP contribution is -2.17. The molecule has 6 heteroatoms. The fourth-order valence-corrected chi connectivity index (χ4v) is 3.17. The maximum absolute atomic E-state index is 12.3. The number of H-pyrrole nitrogens is 1. The van der Waals surface area contributed by atoms with Gasteiger partial charge in [0.15, 0.2) is 0 Å². The number of carbonyl (C=O) groups excluding carboxylic acids is 1. The first-order valence-corrected chi connectivity index (χ1v) is 9.43. The number of benzene rings is 3. The molecular formula is C24H20N4O2. The van der Waals surface area contributed by atoms with E-state index in [-0.39, 0.29) is 5.91 Å². The summed E-state index contributed by atoms with van der Waals surface area (Å²) in [6.07, 6.45) is 5.09. The third kappa shape index (κ3) is 4.12. The van der Waals surface area contributed by atoms with Gasteiger partial charge in [0.25, 0.3) is 5.91 Å². The van der Waals surface area contributed by atoms with Crippen LogP contribution in [-0.4, -0.2) is 29.4 Å². The molecule has 4 aromatic rings. The van der Waals surface area contributed by atoms with Crippen molar-refractivity contribution in [2.45, 2.75) is 0 Å². The van der Waals surface area contributed by atoms with E-state index in [9.17, 15) is 4.79 Å². The molecule has 148 valence electrons. The van der Waals surface area contributed by atoms with Gasteiger partial charge in [-0.15, -0.1) is 0 Å². The summed E-state index contributed by atoms with van der Waals surface area (Å²) in [6.45, 7) is 0. The highest BCUT2D eigenvalue weighted by molar-refractivity contribution is 5.98. The van der Waals surface area contributed by atoms with Crippen LogP contribution in [0.2, 0.25) is 0 Å². The fourth-order valence-electron chi connectivity index (χ4n) is 3.17. The van der Waals surface area contributed by atoms with Gasteiger partial charge in [-0.25, -0.2) is 5.43 Å². The Kier molecular flexibility index (Phi) is 5.66. The van der Waals surface area contributed by atoms with Crippen molar-refractivity contribution in [2.75, 3.05) is 7.11 Å². The number of hydrogen-bond donors (Lipinski definition) is 2. The minimum Gasteiger partial charge on any atom is -0.496 e. The molecule has 4 rings (SSSR count). The van der Waals surface area contributed by atoms with Crippen molar-refractivity contribution in [3.8, 4) is 17.0 Å². The normalized spacial score (nSPS) is 11.4. The molecule has 0 fully saturated rings. The van der Waals surface area contributed by atoms with Crippen LogP contribution >= 0.6 is 0 Å². The van der Waals surface area contributed by atoms with Crippen LogP contribution in [-0.2, 0) is 0 Å². The summed E-state index contributed by atoms with van der Waals surface area (Å²) in [5, 5.41) is 13.2. The van der Waals surface area contributed by atoms with Crippen molar-refractivity contribution in [2.24, 2.45) is 5.10 Å². The minimum atomic E-state index is -0.365. The first-order valence-electron chi connectivity index (χ1n) is 9.43. The van der Waals surface area contributed by atoms with E-state index in [1.165, 1.54) is 6.21 Å². The van der Waals surface area contributed by atoms with Gasteiger partial charge in [-0.3, -0.25) is 9.89 Å². The Bertz CT molecular complexity index is 1240. The number of hydrogen-bond acceptors (Lipinski definition) is 4. The molecule has 2 N–H and O–H groups in total. The van der Waals surface area contributed by atoms with Crippen molar-refractivity contribution in [1.82, 2.24) is 15.6 Å². The summed E-state index contributed by atoms with van der Waals surface area (Å²) in [7, 11) is 1.62. The summed E-state index contributed by atoms with van der Waals surface area (Å²) in [5.74, 6) is 0.403. The van der Waals surface area contributed by atoms with Gasteiger partial charge in [0, 0.05) is 17.3 Å². The van der Waals surface area contributed by atoms with Gasteiger partial charge in [-0.1, -0.05) is 60.7 Å². The second kappa shape index (κ2) is 8.87. The molecule has 1 heterocycles. The monoisotopic (exact) mass is 396 g/mol. The Morgan fingerprint density at radius 2 is 1.87 bits per heavy atom. The molecule has 0 aliphatic carbocycles. The number of rotatable bonds is 6. The van der Waals surface area contributed by atoms with Crippen LogP contribution in [0.3, 0.4) is 0 Å².